The summed E-state index contributed by atoms with van der Waals surface area (Å²) in [6, 6.07) is 0. The second-order valence-electron chi connectivity index (χ2n) is 6.99. The van der Waals surface area contributed by atoms with Gasteiger partial charge in [-0.05, 0) is 59.2 Å². The minimum Gasteiger partial charge on any atom is -0.356 e. The lowest BCUT2D eigenvalue weighted by Gasteiger charge is -2.27. The summed E-state index contributed by atoms with van der Waals surface area (Å²) in [6.45, 7) is 4.69. The van der Waals surface area contributed by atoms with E-state index in [2.05, 4.69) is 22.5 Å². The Morgan fingerprint density at radius 2 is 1.35 bits per heavy atom. The topological polar surface area (TPSA) is 61.4 Å². The summed E-state index contributed by atoms with van der Waals surface area (Å²) in [6.07, 6.45) is 7.75. The average Bonchev–Trinajstić information content (AvgIpc) is 2.55. The maximum atomic E-state index is 12.1. The number of nitrogens with one attached hydrogen (secondary N) is 2. The number of nitrogens with zero attached hydrogens (tertiary/aromatic N) is 1. The van der Waals surface area contributed by atoms with Crippen molar-refractivity contribution in [2.75, 3.05) is 33.7 Å². The van der Waals surface area contributed by atoms with E-state index in [1.807, 2.05) is 14.1 Å². The molecule has 0 aromatic heterocycles. The minimum atomic E-state index is 0.0958. The molecule has 1 saturated carbocycles. The first kappa shape index (κ1) is 19.9. The molecular weight excluding hydrogens is 290 g/mol. The zero-order chi connectivity index (χ0) is 17.1. The molecule has 0 aliphatic heterocycles. The number of hydrogen-bond donors (Lipinski definition) is 2. The molecule has 23 heavy (non-hydrogen) atoms. The van der Waals surface area contributed by atoms with Crippen LogP contribution in [0, 0.1) is 11.8 Å². The third-order valence-corrected chi connectivity index (χ3v) is 4.63. The zero-order valence-electron chi connectivity index (χ0n) is 15.2. The molecule has 0 atom stereocenters. The Morgan fingerprint density at radius 3 is 1.78 bits per heavy atom. The van der Waals surface area contributed by atoms with Crippen molar-refractivity contribution in [3.05, 3.63) is 0 Å². The highest BCUT2D eigenvalue weighted by Crippen LogP contribution is 2.29. The molecule has 1 aliphatic rings. The molecule has 1 fully saturated rings. The molecule has 0 heterocycles. The molecule has 5 heteroatoms. The number of carbonyl (C=O) groups excluding carboxylic acids is 2. The fraction of sp³-hybridized carbons (Fsp3) is 0.889. The molecule has 0 saturated heterocycles. The molecule has 1 aliphatic carbocycles. The van der Waals surface area contributed by atoms with E-state index in [0.29, 0.717) is 0 Å². The fourth-order valence-corrected chi connectivity index (χ4v) is 3.10. The second-order valence-corrected chi connectivity index (χ2v) is 6.99. The number of rotatable bonds is 10. The van der Waals surface area contributed by atoms with Crippen molar-refractivity contribution in [3.8, 4) is 0 Å². The quantitative estimate of drug-likeness (QED) is 0.605. The van der Waals surface area contributed by atoms with Gasteiger partial charge in [0.15, 0.2) is 0 Å². The van der Waals surface area contributed by atoms with E-state index in [4.69, 9.17) is 0 Å². The van der Waals surface area contributed by atoms with Crippen LogP contribution >= 0.6 is 0 Å². The minimum absolute atomic E-state index is 0.0958. The van der Waals surface area contributed by atoms with E-state index >= 15 is 0 Å². The Kier molecular flexibility index (Phi) is 9.92. The first-order valence-corrected chi connectivity index (χ1v) is 9.24. The highest BCUT2D eigenvalue weighted by Gasteiger charge is 2.29. The van der Waals surface area contributed by atoms with Crippen molar-refractivity contribution in [1.29, 1.82) is 0 Å². The van der Waals surface area contributed by atoms with Gasteiger partial charge in [-0.3, -0.25) is 9.59 Å². The SMILES string of the molecule is CCCCCNC(=O)C1CCC(C(=O)NCCCN(C)C)CC1. The maximum Gasteiger partial charge on any atom is 0.223 e. The number of amides is 2. The molecule has 0 aromatic carbocycles. The van der Waals surface area contributed by atoms with Gasteiger partial charge in [0.2, 0.25) is 11.8 Å². The summed E-state index contributed by atoms with van der Waals surface area (Å²) in [7, 11) is 4.08. The summed E-state index contributed by atoms with van der Waals surface area (Å²) < 4.78 is 0. The molecule has 134 valence electrons. The standard InChI is InChI=1S/C18H35N3O2/c1-4-5-6-12-19-17(22)15-8-10-16(11-9-15)18(23)20-13-7-14-21(2)3/h15-16H,4-14H2,1-3H3,(H,19,22)(H,20,23). The zero-order valence-corrected chi connectivity index (χ0v) is 15.2. The number of hydrogen-bond acceptors (Lipinski definition) is 3. The van der Waals surface area contributed by atoms with E-state index in [1.165, 1.54) is 12.8 Å². The maximum absolute atomic E-state index is 12.1. The van der Waals surface area contributed by atoms with Crippen LogP contribution in [0.3, 0.4) is 0 Å². The Balaban J connectivity index is 2.16. The average molecular weight is 325 g/mol. The third-order valence-electron chi connectivity index (χ3n) is 4.63. The Hall–Kier alpha value is -1.10. The summed E-state index contributed by atoms with van der Waals surface area (Å²) in [4.78, 5) is 26.4. The molecule has 0 bridgehead atoms. The van der Waals surface area contributed by atoms with Gasteiger partial charge in [0.25, 0.3) is 0 Å². The Bertz CT molecular complexity index is 350. The molecule has 5 nitrogen and oxygen atoms in total. The van der Waals surface area contributed by atoms with Gasteiger partial charge in [0.05, 0.1) is 0 Å². The van der Waals surface area contributed by atoms with Crippen molar-refractivity contribution >= 4 is 11.8 Å². The van der Waals surface area contributed by atoms with E-state index in [1.54, 1.807) is 0 Å². The van der Waals surface area contributed by atoms with Crippen LogP contribution in [0.1, 0.15) is 58.3 Å². The molecule has 0 radical (unpaired) electrons. The fourth-order valence-electron chi connectivity index (χ4n) is 3.10. The summed E-state index contributed by atoms with van der Waals surface area (Å²) in [5.74, 6) is 0.560. The lowest BCUT2D eigenvalue weighted by molar-refractivity contribution is -0.130. The van der Waals surface area contributed by atoms with Gasteiger partial charge < -0.3 is 15.5 Å². The van der Waals surface area contributed by atoms with Crippen LogP contribution in [-0.2, 0) is 9.59 Å². The van der Waals surface area contributed by atoms with E-state index < -0.39 is 0 Å². The largest absolute Gasteiger partial charge is 0.356 e. The molecule has 0 unspecified atom stereocenters. The van der Waals surface area contributed by atoms with E-state index in [-0.39, 0.29) is 23.7 Å². The first-order chi connectivity index (χ1) is 11.0. The number of carbonyl (C=O) groups is 2. The first-order valence-electron chi connectivity index (χ1n) is 9.24. The van der Waals surface area contributed by atoms with Gasteiger partial charge >= 0.3 is 0 Å². The lowest BCUT2D eigenvalue weighted by Crippen LogP contribution is -2.38. The van der Waals surface area contributed by atoms with Crippen LogP contribution in [0.2, 0.25) is 0 Å². The van der Waals surface area contributed by atoms with Crippen molar-refractivity contribution in [1.82, 2.24) is 15.5 Å². The molecule has 1 rings (SSSR count). The van der Waals surface area contributed by atoms with Crippen LogP contribution in [0.4, 0.5) is 0 Å². The van der Waals surface area contributed by atoms with Crippen molar-refractivity contribution in [2.24, 2.45) is 11.8 Å². The van der Waals surface area contributed by atoms with Crippen molar-refractivity contribution in [3.63, 3.8) is 0 Å². The van der Waals surface area contributed by atoms with Crippen molar-refractivity contribution in [2.45, 2.75) is 58.3 Å². The van der Waals surface area contributed by atoms with Gasteiger partial charge in [-0.15, -0.1) is 0 Å². The summed E-state index contributed by atoms with van der Waals surface area (Å²) in [5.41, 5.74) is 0. The Morgan fingerprint density at radius 1 is 0.870 bits per heavy atom. The van der Waals surface area contributed by atoms with Crippen LogP contribution in [0.15, 0.2) is 0 Å². The van der Waals surface area contributed by atoms with Crippen LogP contribution < -0.4 is 10.6 Å². The predicted molar refractivity (Wildman–Crippen MR) is 94.2 cm³/mol. The molecule has 2 amide bonds. The molecule has 0 aromatic rings. The monoisotopic (exact) mass is 325 g/mol. The van der Waals surface area contributed by atoms with Gasteiger partial charge in [0, 0.05) is 24.9 Å². The Labute approximate surface area is 141 Å². The molecule has 2 N–H and O–H groups in total. The van der Waals surface area contributed by atoms with Crippen LogP contribution in [-0.4, -0.2) is 50.4 Å². The smallest absolute Gasteiger partial charge is 0.223 e. The molecule has 0 spiro atoms. The molecular formula is C18H35N3O2. The number of unbranched alkanes of at least 4 members (excludes halogenated alkanes) is 2. The van der Waals surface area contributed by atoms with Gasteiger partial charge in [0.1, 0.15) is 0 Å². The van der Waals surface area contributed by atoms with Crippen molar-refractivity contribution < 1.29 is 9.59 Å². The van der Waals surface area contributed by atoms with E-state index in [9.17, 15) is 9.59 Å². The summed E-state index contributed by atoms with van der Waals surface area (Å²) >= 11 is 0. The van der Waals surface area contributed by atoms with Gasteiger partial charge in [-0.1, -0.05) is 19.8 Å². The third kappa shape index (κ3) is 8.35. The highest BCUT2D eigenvalue weighted by molar-refractivity contribution is 5.81. The van der Waals surface area contributed by atoms with Gasteiger partial charge in [-0.25, -0.2) is 0 Å². The van der Waals surface area contributed by atoms with Crippen LogP contribution in [0.5, 0.6) is 0 Å². The second kappa shape index (κ2) is 11.4. The van der Waals surface area contributed by atoms with E-state index in [0.717, 1.165) is 58.2 Å². The predicted octanol–water partition coefficient (Wildman–Crippen LogP) is 2.17. The summed E-state index contributed by atoms with van der Waals surface area (Å²) in [5, 5.41) is 6.07. The normalized spacial score (nSPS) is 21.2. The highest BCUT2D eigenvalue weighted by atomic mass is 16.2. The van der Waals surface area contributed by atoms with Crippen LogP contribution in [0.25, 0.3) is 0 Å². The van der Waals surface area contributed by atoms with Gasteiger partial charge in [-0.2, -0.15) is 0 Å². The lowest BCUT2D eigenvalue weighted by atomic mass is 9.81.